The van der Waals surface area contributed by atoms with Crippen LogP contribution < -0.4 is 5.32 Å². The number of hydrogen-bond acceptors (Lipinski definition) is 4. The molecule has 25 heavy (non-hydrogen) atoms. The Morgan fingerprint density at radius 2 is 1.72 bits per heavy atom. The average Bonchev–Trinajstić information content (AvgIpc) is 3.03. The highest BCUT2D eigenvalue weighted by molar-refractivity contribution is 14.1. The summed E-state index contributed by atoms with van der Waals surface area (Å²) in [6.45, 7) is 0. The lowest BCUT2D eigenvalue weighted by Gasteiger charge is -2.55. The third kappa shape index (κ3) is 2.81. The van der Waals surface area contributed by atoms with Crippen LogP contribution in [-0.2, 0) is 5.41 Å². The van der Waals surface area contributed by atoms with Crippen LogP contribution in [0.4, 0.5) is 5.13 Å². The molecular weight excluding hydrogens is 445 g/mol. The van der Waals surface area contributed by atoms with Gasteiger partial charge in [0.2, 0.25) is 5.13 Å². The van der Waals surface area contributed by atoms with E-state index in [0.29, 0.717) is 10.7 Å². The van der Waals surface area contributed by atoms with Gasteiger partial charge in [-0.1, -0.05) is 23.5 Å². The zero-order valence-electron chi connectivity index (χ0n) is 13.9. The van der Waals surface area contributed by atoms with Gasteiger partial charge in [0.25, 0.3) is 5.91 Å². The van der Waals surface area contributed by atoms with Crippen molar-refractivity contribution >= 4 is 45.0 Å². The van der Waals surface area contributed by atoms with Crippen molar-refractivity contribution < 1.29 is 4.79 Å². The van der Waals surface area contributed by atoms with E-state index < -0.39 is 0 Å². The van der Waals surface area contributed by atoms with Gasteiger partial charge in [-0.2, -0.15) is 0 Å². The smallest absolute Gasteiger partial charge is 0.258 e. The molecule has 0 atom stereocenters. The first-order chi connectivity index (χ1) is 12.1. The molecular formula is C19H20IN3OS. The minimum atomic E-state index is -0.0989. The topological polar surface area (TPSA) is 54.9 Å². The van der Waals surface area contributed by atoms with Crippen molar-refractivity contribution in [2.75, 3.05) is 5.32 Å². The lowest BCUT2D eigenvalue weighted by Crippen LogP contribution is -2.48. The first kappa shape index (κ1) is 16.2. The van der Waals surface area contributed by atoms with E-state index in [9.17, 15) is 4.79 Å². The standard InChI is InChI=1S/C19H20IN3OS/c20-15-4-2-1-3-14(15)16(24)21-18-23-22-17(25-18)19-8-11-5-12(9-19)7-13(6-11)10-19/h1-4,11-13H,5-10H2,(H,21,23,24). The van der Waals surface area contributed by atoms with Crippen molar-refractivity contribution in [2.24, 2.45) is 17.8 Å². The summed E-state index contributed by atoms with van der Waals surface area (Å²) in [5, 5.41) is 13.6. The Bertz CT molecular complexity index is 798. The first-order valence-electron chi connectivity index (χ1n) is 9.01. The summed E-state index contributed by atoms with van der Waals surface area (Å²) in [5.41, 5.74) is 0.936. The van der Waals surface area contributed by atoms with Crippen molar-refractivity contribution in [2.45, 2.75) is 43.9 Å². The molecule has 4 fully saturated rings. The molecule has 6 rings (SSSR count). The van der Waals surface area contributed by atoms with Crippen LogP contribution in [0, 0.1) is 21.3 Å². The zero-order chi connectivity index (χ0) is 17.0. The number of hydrogen-bond donors (Lipinski definition) is 1. The zero-order valence-corrected chi connectivity index (χ0v) is 16.8. The van der Waals surface area contributed by atoms with Crippen LogP contribution in [0.25, 0.3) is 0 Å². The quantitative estimate of drug-likeness (QED) is 0.659. The number of carbonyl (C=O) groups excluding carboxylic acids is 1. The summed E-state index contributed by atoms with van der Waals surface area (Å²) in [7, 11) is 0. The number of halogens is 1. The van der Waals surface area contributed by atoms with Gasteiger partial charge >= 0.3 is 0 Å². The Morgan fingerprint density at radius 3 is 2.36 bits per heavy atom. The maximum atomic E-state index is 12.5. The second kappa shape index (κ2) is 6.01. The van der Waals surface area contributed by atoms with Crippen molar-refractivity contribution in [3.8, 4) is 0 Å². The van der Waals surface area contributed by atoms with Crippen LogP contribution in [-0.4, -0.2) is 16.1 Å². The molecule has 0 aliphatic heterocycles. The molecule has 2 aromatic rings. The van der Waals surface area contributed by atoms with Gasteiger partial charge in [0.1, 0.15) is 5.01 Å². The molecule has 1 N–H and O–H groups in total. The molecule has 1 aromatic heterocycles. The van der Waals surface area contributed by atoms with Crippen molar-refractivity contribution in [1.82, 2.24) is 10.2 Å². The summed E-state index contributed by atoms with van der Waals surface area (Å²) in [5.74, 6) is 2.57. The first-order valence-corrected chi connectivity index (χ1v) is 10.9. The summed E-state index contributed by atoms with van der Waals surface area (Å²) in [6.07, 6.45) is 8.10. The van der Waals surface area contributed by atoms with Crippen molar-refractivity contribution in [3.05, 3.63) is 38.4 Å². The monoisotopic (exact) mass is 465 g/mol. The molecule has 130 valence electrons. The van der Waals surface area contributed by atoms with Gasteiger partial charge in [-0.25, -0.2) is 0 Å². The largest absolute Gasteiger partial charge is 0.296 e. The lowest BCUT2D eigenvalue weighted by molar-refractivity contribution is -0.00555. The van der Waals surface area contributed by atoms with Crippen LogP contribution in [0.3, 0.4) is 0 Å². The molecule has 0 saturated heterocycles. The highest BCUT2D eigenvalue weighted by atomic mass is 127. The SMILES string of the molecule is O=C(Nc1nnc(C23CC4CC(CC(C4)C2)C3)s1)c1ccccc1I. The number of anilines is 1. The third-order valence-corrected chi connectivity index (χ3v) is 8.28. The van der Waals surface area contributed by atoms with E-state index >= 15 is 0 Å². The van der Waals surface area contributed by atoms with Crippen LogP contribution >= 0.6 is 33.9 Å². The summed E-state index contributed by atoms with van der Waals surface area (Å²) in [4.78, 5) is 12.5. The number of aromatic nitrogens is 2. The Kier molecular flexibility index (Phi) is 3.89. The normalized spacial score (nSPS) is 32.8. The minimum absolute atomic E-state index is 0.0989. The van der Waals surface area contributed by atoms with Crippen LogP contribution in [0.15, 0.2) is 24.3 Å². The third-order valence-electron chi connectivity index (χ3n) is 6.26. The number of rotatable bonds is 3. The van der Waals surface area contributed by atoms with Gasteiger partial charge in [-0.15, -0.1) is 10.2 Å². The number of nitrogens with zero attached hydrogens (tertiary/aromatic N) is 2. The molecule has 1 amide bonds. The summed E-state index contributed by atoms with van der Waals surface area (Å²) in [6, 6.07) is 7.61. The van der Waals surface area contributed by atoms with Crippen LogP contribution in [0.1, 0.15) is 53.9 Å². The van der Waals surface area contributed by atoms with E-state index in [1.165, 1.54) is 38.5 Å². The highest BCUT2D eigenvalue weighted by Gasteiger charge is 2.53. The van der Waals surface area contributed by atoms with Crippen LogP contribution in [0.2, 0.25) is 0 Å². The predicted molar refractivity (Wildman–Crippen MR) is 107 cm³/mol. The molecule has 1 heterocycles. The van der Waals surface area contributed by atoms with E-state index in [1.807, 2.05) is 24.3 Å². The second-order valence-electron chi connectivity index (χ2n) is 8.04. The maximum absolute atomic E-state index is 12.5. The fraction of sp³-hybridized carbons (Fsp3) is 0.526. The van der Waals surface area contributed by atoms with Gasteiger partial charge in [0.15, 0.2) is 0 Å². The molecule has 1 aromatic carbocycles. The molecule has 0 unspecified atom stereocenters. The number of benzene rings is 1. The van der Waals surface area contributed by atoms with Gasteiger partial charge in [0, 0.05) is 8.99 Å². The van der Waals surface area contributed by atoms with Crippen LogP contribution in [0.5, 0.6) is 0 Å². The van der Waals surface area contributed by atoms with Crippen molar-refractivity contribution in [1.29, 1.82) is 0 Å². The lowest BCUT2D eigenvalue weighted by atomic mass is 9.50. The highest BCUT2D eigenvalue weighted by Crippen LogP contribution is 2.61. The molecule has 4 nitrogen and oxygen atoms in total. The molecule has 0 radical (unpaired) electrons. The van der Waals surface area contributed by atoms with Gasteiger partial charge in [0.05, 0.1) is 5.56 Å². The molecule has 4 saturated carbocycles. The molecule has 4 aliphatic rings. The molecule has 6 heteroatoms. The van der Waals surface area contributed by atoms with E-state index in [0.717, 1.165) is 26.3 Å². The van der Waals surface area contributed by atoms with Crippen molar-refractivity contribution in [3.63, 3.8) is 0 Å². The Morgan fingerprint density at radius 1 is 1.08 bits per heavy atom. The maximum Gasteiger partial charge on any atom is 0.258 e. The Balaban J connectivity index is 1.38. The molecule has 4 aliphatic carbocycles. The average molecular weight is 465 g/mol. The van der Waals surface area contributed by atoms with E-state index in [4.69, 9.17) is 0 Å². The minimum Gasteiger partial charge on any atom is -0.296 e. The summed E-state index contributed by atoms with van der Waals surface area (Å²) < 4.78 is 0.948. The molecule has 0 spiro atoms. The van der Waals surface area contributed by atoms with Gasteiger partial charge in [-0.05, 0) is 91.0 Å². The van der Waals surface area contributed by atoms with Gasteiger partial charge < -0.3 is 0 Å². The molecule has 4 bridgehead atoms. The number of carbonyl (C=O) groups is 1. The fourth-order valence-corrected chi connectivity index (χ4v) is 7.26. The van der Waals surface area contributed by atoms with Gasteiger partial charge in [-0.3, -0.25) is 10.1 Å². The fourth-order valence-electron chi connectivity index (χ4n) is 5.67. The summed E-state index contributed by atoms with van der Waals surface area (Å²) >= 11 is 3.78. The Hall–Kier alpha value is -1.02. The van der Waals surface area contributed by atoms with E-state index in [2.05, 4.69) is 38.1 Å². The van der Waals surface area contributed by atoms with E-state index in [1.54, 1.807) is 11.3 Å². The number of amides is 1. The number of nitrogens with one attached hydrogen (secondary N) is 1. The van der Waals surface area contributed by atoms with E-state index in [-0.39, 0.29) is 11.3 Å². The predicted octanol–water partition coefficient (Wildman–Crippen LogP) is 4.86. The second-order valence-corrected chi connectivity index (χ2v) is 10.2. The Labute approximate surface area is 165 Å².